The van der Waals surface area contributed by atoms with E-state index in [0.717, 1.165) is 0 Å². The molecule has 0 heterocycles. The van der Waals surface area contributed by atoms with Gasteiger partial charge in [0.05, 0.1) is 22.4 Å². The molecule has 48 heavy (non-hydrogen) atoms. The zero-order chi connectivity index (χ0) is 37.5. The standard InChI is InChI=1S/C34H66O14/c1-23-19-29(15,16)33(45-39-25(3,4)5,46-40-26(6,7)8)31(21-23,37-35)43-44-32(38-36)22-24(2)20-30(17,18)34(32,47-41-27(9,10)11)48-42-28(12,13)14/h23-24,35-36H,19-22H2,1-18H3/t23?,24?,31-,32?/m1/s1. The van der Waals surface area contributed by atoms with Crippen molar-refractivity contribution in [2.24, 2.45) is 22.7 Å². The van der Waals surface area contributed by atoms with Crippen molar-refractivity contribution in [2.75, 3.05) is 0 Å². The van der Waals surface area contributed by atoms with Crippen LogP contribution >= 0.6 is 0 Å². The van der Waals surface area contributed by atoms with Crippen LogP contribution in [0.4, 0.5) is 0 Å². The molecule has 14 nitrogen and oxygen atoms in total. The molecule has 3 unspecified atom stereocenters. The van der Waals surface area contributed by atoms with Crippen molar-refractivity contribution in [1.29, 1.82) is 0 Å². The van der Waals surface area contributed by atoms with Crippen molar-refractivity contribution >= 4 is 0 Å². The Labute approximate surface area is 287 Å². The molecule has 2 saturated carbocycles. The Morgan fingerprint density at radius 3 is 0.833 bits per heavy atom. The second-order valence-electron chi connectivity index (χ2n) is 19.0. The fraction of sp³-hybridized carbons (Fsp3) is 1.00. The Morgan fingerprint density at radius 1 is 0.417 bits per heavy atom. The smallest absolute Gasteiger partial charge is 0.248 e. The van der Waals surface area contributed by atoms with E-state index in [1.807, 2.05) is 41.5 Å². The topological polar surface area (TPSA) is 151 Å². The first-order valence-corrected chi connectivity index (χ1v) is 16.8. The highest BCUT2D eigenvalue weighted by molar-refractivity contribution is 5.06. The van der Waals surface area contributed by atoms with Crippen LogP contribution in [0.25, 0.3) is 0 Å². The minimum absolute atomic E-state index is 0.0694. The molecule has 2 fully saturated rings. The van der Waals surface area contributed by atoms with E-state index in [-0.39, 0.29) is 24.7 Å². The molecule has 286 valence electrons. The molecule has 0 radical (unpaired) electrons. The summed E-state index contributed by atoms with van der Waals surface area (Å²) in [7, 11) is 0. The lowest BCUT2D eigenvalue weighted by atomic mass is 9.64. The average Bonchev–Trinajstić information content (AvgIpc) is 2.86. The molecule has 14 heteroatoms. The van der Waals surface area contributed by atoms with Crippen molar-refractivity contribution in [3.63, 3.8) is 0 Å². The summed E-state index contributed by atoms with van der Waals surface area (Å²) in [5.41, 5.74) is -5.53. The van der Waals surface area contributed by atoms with Gasteiger partial charge in [0, 0.05) is 23.7 Å². The summed E-state index contributed by atoms with van der Waals surface area (Å²) >= 11 is 0. The summed E-state index contributed by atoms with van der Waals surface area (Å²) in [6.45, 7) is 32.5. The van der Waals surface area contributed by atoms with Gasteiger partial charge >= 0.3 is 0 Å². The molecule has 2 aliphatic rings. The molecule has 0 saturated heterocycles. The second kappa shape index (κ2) is 14.5. The number of rotatable bonds is 13. The highest BCUT2D eigenvalue weighted by Crippen LogP contribution is 2.60. The molecule has 2 N–H and O–H groups in total. The van der Waals surface area contributed by atoms with E-state index >= 15 is 0 Å². The lowest BCUT2D eigenvalue weighted by Gasteiger charge is -2.58. The summed E-state index contributed by atoms with van der Waals surface area (Å²) in [5, 5.41) is 21.8. The molecule has 2 aliphatic carbocycles. The van der Waals surface area contributed by atoms with E-state index in [9.17, 15) is 10.5 Å². The van der Waals surface area contributed by atoms with Gasteiger partial charge in [0.25, 0.3) is 23.1 Å². The van der Waals surface area contributed by atoms with Crippen LogP contribution in [0.1, 0.15) is 150 Å². The maximum absolute atomic E-state index is 10.9. The highest BCUT2D eigenvalue weighted by Gasteiger charge is 2.76. The number of hydrogen-bond donors (Lipinski definition) is 2. The normalized spacial score (nSPS) is 30.8. The van der Waals surface area contributed by atoms with Gasteiger partial charge in [-0.25, -0.2) is 30.1 Å². The van der Waals surface area contributed by atoms with Crippen LogP contribution in [0, 0.1) is 22.7 Å². The largest absolute Gasteiger partial charge is 0.297 e. The van der Waals surface area contributed by atoms with Crippen molar-refractivity contribution in [2.45, 2.75) is 196 Å². The predicted molar refractivity (Wildman–Crippen MR) is 173 cm³/mol. The molecule has 4 atom stereocenters. The quantitative estimate of drug-likeness (QED) is 0.107. The third-order valence-corrected chi connectivity index (χ3v) is 7.98. The fourth-order valence-corrected chi connectivity index (χ4v) is 6.38. The van der Waals surface area contributed by atoms with Crippen molar-refractivity contribution in [3.8, 4) is 0 Å². The third kappa shape index (κ3) is 9.65. The first kappa shape index (κ1) is 43.6. The first-order chi connectivity index (χ1) is 21.4. The Kier molecular flexibility index (Phi) is 13.1. The molecule has 0 aliphatic heterocycles. The maximum atomic E-state index is 10.9. The van der Waals surface area contributed by atoms with Gasteiger partial charge in [0.15, 0.2) is 0 Å². The van der Waals surface area contributed by atoms with Crippen molar-refractivity contribution in [1.82, 2.24) is 0 Å². The van der Waals surface area contributed by atoms with Crippen LogP contribution in [0.2, 0.25) is 0 Å². The highest BCUT2D eigenvalue weighted by atomic mass is 17.4. The van der Waals surface area contributed by atoms with E-state index < -0.39 is 56.4 Å². The van der Waals surface area contributed by atoms with Crippen molar-refractivity contribution < 1.29 is 69.2 Å². The van der Waals surface area contributed by atoms with Gasteiger partial charge in [-0.1, -0.05) is 41.5 Å². The van der Waals surface area contributed by atoms with Gasteiger partial charge in [0.2, 0.25) is 0 Å². The van der Waals surface area contributed by atoms with Gasteiger partial charge in [-0.15, -0.1) is 0 Å². The minimum atomic E-state index is -2.34. The SMILES string of the molecule is CC1CC(C)(C)C(OOC(C)(C)C)(OOC(C)(C)C)C(OO)(OO[C@]2(OO)CC(C)CC(C)(C)C2(OOC(C)(C)C)OOC(C)(C)C)C1. The average molecular weight is 699 g/mol. The van der Waals surface area contributed by atoms with E-state index in [1.54, 1.807) is 83.1 Å². The Morgan fingerprint density at radius 2 is 0.646 bits per heavy atom. The summed E-state index contributed by atoms with van der Waals surface area (Å²) < 4.78 is 0. The molecular weight excluding hydrogens is 632 g/mol. The maximum Gasteiger partial charge on any atom is 0.297 e. The molecule has 0 aromatic rings. The lowest BCUT2D eigenvalue weighted by Crippen LogP contribution is -2.74. The molecule has 0 bridgehead atoms. The predicted octanol–water partition coefficient (Wildman–Crippen LogP) is 8.60. The van der Waals surface area contributed by atoms with E-state index in [2.05, 4.69) is 0 Å². The summed E-state index contributed by atoms with van der Waals surface area (Å²) in [5.74, 6) is -9.35. The van der Waals surface area contributed by atoms with Gasteiger partial charge in [-0.3, -0.25) is 0 Å². The van der Waals surface area contributed by atoms with Crippen LogP contribution < -0.4 is 0 Å². The second-order valence-corrected chi connectivity index (χ2v) is 19.0. The Hall–Kier alpha value is -0.560. The van der Waals surface area contributed by atoms with Crippen LogP contribution in [0.15, 0.2) is 0 Å². The molecule has 0 aromatic heterocycles. The fourth-order valence-electron chi connectivity index (χ4n) is 6.38. The monoisotopic (exact) mass is 698 g/mol. The zero-order valence-electron chi connectivity index (χ0n) is 32.8. The lowest BCUT2D eigenvalue weighted by molar-refractivity contribution is -0.705. The Bertz CT molecular complexity index is 916. The van der Waals surface area contributed by atoms with Crippen molar-refractivity contribution in [3.05, 3.63) is 0 Å². The van der Waals surface area contributed by atoms with E-state index in [0.29, 0.717) is 12.8 Å². The molecule has 0 amide bonds. The van der Waals surface area contributed by atoms with Gasteiger partial charge in [-0.05, 0) is 108 Å². The number of hydrogen-bond acceptors (Lipinski definition) is 14. The van der Waals surface area contributed by atoms with Crippen LogP contribution in [-0.4, -0.2) is 56.1 Å². The zero-order valence-corrected chi connectivity index (χ0v) is 32.8. The minimum Gasteiger partial charge on any atom is -0.248 e. The molecule has 2 rings (SSSR count). The van der Waals surface area contributed by atoms with Crippen LogP contribution in [-0.2, 0) is 58.7 Å². The third-order valence-electron chi connectivity index (χ3n) is 7.98. The molecule has 0 spiro atoms. The van der Waals surface area contributed by atoms with Gasteiger partial charge < -0.3 is 0 Å². The van der Waals surface area contributed by atoms with E-state index in [1.165, 1.54) is 0 Å². The summed E-state index contributed by atoms with van der Waals surface area (Å²) in [6, 6.07) is 0. The molecule has 0 aromatic carbocycles. The first-order valence-electron chi connectivity index (χ1n) is 16.8. The Balaban J connectivity index is 2.87. The molecular formula is C34H66O14. The van der Waals surface area contributed by atoms with Crippen LogP contribution in [0.5, 0.6) is 0 Å². The van der Waals surface area contributed by atoms with Crippen LogP contribution in [0.3, 0.4) is 0 Å². The van der Waals surface area contributed by atoms with Gasteiger partial charge in [0.1, 0.15) is 0 Å². The van der Waals surface area contributed by atoms with Gasteiger partial charge in [-0.2, -0.15) is 39.1 Å². The summed E-state index contributed by atoms with van der Waals surface area (Å²) in [4.78, 5) is 71.0. The van der Waals surface area contributed by atoms with E-state index in [4.69, 9.17) is 58.7 Å². The summed E-state index contributed by atoms with van der Waals surface area (Å²) in [6.07, 6.45) is 0.840.